The number of likely N-dealkylation sites (N-methyl/N-ethyl adjacent to an activating group) is 1. The lowest BCUT2D eigenvalue weighted by Crippen LogP contribution is -3.00. The molecule has 0 heterocycles. The molecule has 0 aromatic carbocycles. The molecule has 0 N–H and O–H groups in total. The van der Waals surface area contributed by atoms with Crippen LogP contribution in [0.15, 0.2) is 0 Å². The summed E-state index contributed by atoms with van der Waals surface area (Å²) in [4.78, 5) is 25.1. The van der Waals surface area contributed by atoms with Crippen LogP contribution in [0.25, 0.3) is 0 Å². The van der Waals surface area contributed by atoms with E-state index in [4.69, 9.17) is 9.47 Å². The third-order valence-electron chi connectivity index (χ3n) is 8.69. The smallest absolute Gasteiger partial charge is 0.309 e. The van der Waals surface area contributed by atoms with Crippen LogP contribution in [0.5, 0.6) is 0 Å². The van der Waals surface area contributed by atoms with E-state index >= 15 is 0 Å². The molecule has 0 aromatic heterocycles. The maximum absolute atomic E-state index is 12.5. The summed E-state index contributed by atoms with van der Waals surface area (Å²) in [5.74, 6) is -0.418. The number of esters is 2. The van der Waals surface area contributed by atoms with E-state index in [2.05, 4.69) is 35.0 Å². The average molecular weight is 752 g/mol. The molecule has 6 heteroatoms. The lowest BCUT2D eigenvalue weighted by Gasteiger charge is -2.28. The van der Waals surface area contributed by atoms with Crippen LogP contribution in [0.4, 0.5) is 0 Å². The molecule has 0 saturated carbocycles. The van der Waals surface area contributed by atoms with E-state index in [1.54, 1.807) is 0 Å². The Morgan fingerprint density at radius 3 is 1.18 bits per heavy atom. The summed E-state index contributed by atoms with van der Waals surface area (Å²) < 4.78 is 11.9. The number of carbonyl (C=O) groups excluding carboxylic acids is 2. The Kier molecular flexibility index (Phi) is 36.3. The zero-order valence-electron chi connectivity index (χ0n) is 31.0. The predicted octanol–water partition coefficient (Wildman–Crippen LogP) is 8.50. The van der Waals surface area contributed by atoms with Gasteiger partial charge in [-0.15, -0.1) is 0 Å². The third kappa shape index (κ3) is 38.0. The van der Waals surface area contributed by atoms with Gasteiger partial charge in [-0.2, -0.15) is 0 Å². The number of unbranched alkanes of at least 4 members (excludes halogenated alkanes) is 25. The zero-order chi connectivity index (χ0) is 32.6. The molecule has 0 fully saturated rings. The number of hydrogen-bond donors (Lipinski definition) is 0. The van der Waals surface area contributed by atoms with Crippen molar-refractivity contribution in [2.45, 2.75) is 206 Å². The van der Waals surface area contributed by atoms with Gasteiger partial charge in [0.1, 0.15) is 6.54 Å². The van der Waals surface area contributed by atoms with Crippen molar-refractivity contribution in [1.82, 2.24) is 0 Å². The Balaban J connectivity index is 0. The first kappa shape index (κ1) is 46.7. The zero-order valence-corrected chi connectivity index (χ0v) is 33.1. The molecule has 270 valence electrons. The lowest BCUT2D eigenvalue weighted by atomic mass is 10.0. The topological polar surface area (TPSA) is 52.6 Å². The number of nitrogens with zero attached hydrogens (tertiary/aromatic N) is 1. The van der Waals surface area contributed by atoms with E-state index in [9.17, 15) is 9.59 Å². The molecule has 0 aliphatic heterocycles. The molecular weight excluding hydrogens is 673 g/mol. The van der Waals surface area contributed by atoms with E-state index in [0.717, 1.165) is 25.7 Å². The van der Waals surface area contributed by atoms with Crippen molar-refractivity contribution >= 4 is 11.9 Å². The van der Waals surface area contributed by atoms with Gasteiger partial charge in [0.15, 0.2) is 6.10 Å². The fourth-order valence-corrected chi connectivity index (χ4v) is 6.01. The second kappa shape index (κ2) is 35.0. The van der Waals surface area contributed by atoms with E-state index in [1.165, 1.54) is 148 Å². The van der Waals surface area contributed by atoms with Crippen LogP contribution in [0.3, 0.4) is 0 Å². The summed E-state index contributed by atoms with van der Waals surface area (Å²) in [5.41, 5.74) is 0. The number of hydrogen-bond acceptors (Lipinski definition) is 4. The first-order chi connectivity index (χ1) is 21.3. The minimum atomic E-state index is -0.423. The summed E-state index contributed by atoms with van der Waals surface area (Å²) in [6.07, 6.45) is 35.3. The fraction of sp³-hybridized carbons (Fsp3) is 0.949. The molecule has 0 spiro atoms. The molecule has 0 radical (unpaired) electrons. The van der Waals surface area contributed by atoms with Gasteiger partial charge in [-0.25, -0.2) is 0 Å². The second-order valence-corrected chi connectivity index (χ2v) is 14.6. The molecule has 5 nitrogen and oxygen atoms in total. The Labute approximate surface area is 298 Å². The van der Waals surface area contributed by atoms with Gasteiger partial charge in [0.05, 0.1) is 34.2 Å². The average Bonchev–Trinajstić information content (AvgIpc) is 2.96. The van der Waals surface area contributed by atoms with Crippen molar-refractivity contribution in [3.63, 3.8) is 0 Å². The van der Waals surface area contributed by atoms with Crippen molar-refractivity contribution in [2.24, 2.45) is 0 Å². The lowest BCUT2D eigenvalue weighted by molar-refractivity contribution is -0.873. The summed E-state index contributed by atoms with van der Waals surface area (Å²) in [6, 6.07) is 0. The minimum Gasteiger partial charge on any atom is -1.00 e. The highest BCUT2D eigenvalue weighted by Gasteiger charge is 2.25. The van der Waals surface area contributed by atoms with Crippen LogP contribution in [0.2, 0.25) is 0 Å². The molecule has 0 amide bonds. The van der Waals surface area contributed by atoms with Gasteiger partial charge < -0.3 is 37.9 Å². The number of carbonyl (C=O) groups is 2. The Morgan fingerprint density at radius 2 is 0.822 bits per heavy atom. The van der Waals surface area contributed by atoms with Crippen molar-refractivity contribution in [2.75, 3.05) is 34.3 Å². The number of rotatable bonds is 34. The van der Waals surface area contributed by atoms with Gasteiger partial charge in [-0.1, -0.05) is 174 Å². The van der Waals surface area contributed by atoms with Crippen molar-refractivity contribution < 1.29 is 47.5 Å². The largest absolute Gasteiger partial charge is 1.00 e. The monoisotopic (exact) mass is 751 g/mol. The highest BCUT2D eigenvalue weighted by atomic mass is 127. The molecule has 1 unspecified atom stereocenters. The van der Waals surface area contributed by atoms with Crippen molar-refractivity contribution in [3.05, 3.63) is 0 Å². The number of halogens is 1. The SMILES string of the molecule is CCCCCCCCCCCCCCCCOC(=O)CC(C[N+](C)(C)C)OC(=O)CCCCCCCCCCCCCCC.[I-]. The third-order valence-corrected chi connectivity index (χ3v) is 8.69. The van der Waals surface area contributed by atoms with Crippen LogP contribution in [0, 0.1) is 0 Å². The normalized spacial score (nSPS) is 12.1. The summed E-state index contributed by atoms with van der Waals surface area (Å²) in [7, 11) is 6.19. The van der Waals surface area contributed by atoms with E-state index in [0.29, 0.717) is 24.1 Å². The highest BCUT2D eigenvalue weighted by molar-refractivity contribution is 5.72. The van der Waals surface area contributed by atoms with E-state index < -0.39 is 6.10 Å². The van der Waals surface area contributed by atoms with Crippen LogP contribution in [-0.4, -0.2) is 56.8 Å². The molecule has 0 aromatic rings. The van der Waals surface area contributed by atoms with Crippen LogP contribution >= 0.6 is 0 Å². The summed E-state index contributed by atoms with van der Waals surface area (Å²) in [5, 5.41) is 0. The van der Waals surface area contributed by atoms with E-state index in [-0.39, 0.29) is 42.3 Å². The van der Waals surface area contributed by atoms with Crippen LogP contribution in [-0.2, 0) is 19.1 Å². The number of quaternary nitrogens is 1. The molecule has 45 heavy (non-hydrogen) atoms. The van der Waals surface area contributed by atoms with Gasteiger partial charge in [0.25, 0.3) is 0 Å². The maximum Gasteiger partial charge on any atom is 0.309 e. The molecule has 1 atom stereocenters. The molecular formula is C39H78INO4. The molecule has 0 aliphatic carbocycles. The second-order valence-electron chi connectivity index (χ2n) is 14.6. The van der Waals surface area contributed by atoms with Crippen molar-refractivity contribution in [1.29, 1.82) is 0 Å². The van der Waals surface area contributed by atoms with Gasteiger partial charge in [-0.3, -0.25) is 9.59 Å². The molecule has 0 rings (SSSR count). The van der Waals surface area contributed by atoms with Gasteiger partial charge >= 0.3 is 11.9 Å². The Hall–Kier alpha value is -0.370. The standard InChI is InChI=1S/C39H78NO4.HI/c1-6-8-10-12-14-16-18-20-22-24-26-28-30-32-34-43-39(42)35-37(36-40(3,4)5)44-38(41)33-31-29-27-25-23-21-19-17-15-13-11-9-7-2;/h37H,6-36H2,1-5H3;1H/q+1;/p-1. The first-order valence-corrected chi connectivity index (χ1v) is 19.4. The molecule has 0 saturated heterocycles. The van der Waals surface area contributed by atoms with Gasteiger partial charge in [0, 0.05) is 6.42 Å². The van der Waals surface area contributed by atoms with Gasteiger partial charge in [-0.05, 0) is 12.8 Å². The quantitative estimate of drug-likeness (QED) is 0.0287. The highest BCUT2D eigenvalue weighted by Crippen LogP contribution is 2.15. The fourth-order valence-electron chi connectivity index (χ4n) is 6.01. The summed E-state index contributed by atoms with van der Waals surface area (Å²) >= 11 is 0. The summed E-state index contributed by atoms with van der Waals surface area (Å²) in [6.45, 7) is 5.63. The Bertz CT molecular complexity index is 637. The maximum atomic E-state index is 12.5. The Morgan fingerprint density at radius 1 is 0.489 bits per heavy atom. The van der Waals surface area contributed by atoms with Gasteiger partial charge in [0.2, 0.25) is 0 Å². The predicted molar refractivity (Wildman–Crippen MR) is 189 cm³/mol. The van der Waals surface area contributed by atoms with Crippen LogP contribution in [0.1, 0.15) is 200 Å². The van der Waals surface area contributed by atoms with E-state index in [1.807, 2.05) is 0 Å². The molecule has 0 aliphatic rings. The van der Waals surface area contributed by atoms with Crippen LogP contribution < -0.4 is 24.0 Å². The number of ether oxygens (including phenoxy) is 2. The first-order valence-electron chi connectivity index (χ1n) is 19.4. The minimum absolute atomic E-state index is 0. The molecule has 0 bridgehead atoms. The van der Waals surface area contributed by atoms with Crippen molar-refractivity contribution in [3.8, 4) is 0 Å².